The number of nitrogens with zero attached hydrogens (tertiary/aromatic N) is 1. The Morgan fingerprint density at radius 2 is 2.23 bits per heavy atom. The van der Waals surface area contributed by atoms with Gasteiger partial charge in [-0.05, 0) is 19.3 Å². The first-order valence-corrected chi connectivity index (χ1v) is 4.92. The van der Waals surface area contributed by atoms with E-state index in [-0.39, 0.29) is 12.4 Å². The first-order valence-electron chi connectivity index (χ1n) is 4.92. The van der Waals surface area contributed by atoms with E-state index in [1.54, 1.807) is 0 Å². The highest BCUT2D eigenvalue weighted by Crippen LogP contribution is 2.24. The van der Waals surface area contributed by atoms with E-state index in [9.17, 15) is 0 Å². The maximum Gasteiger partial charge on any atom is 0.105 e. The number of rotatable bonds is 6. The number of aliphatic hydroxyl groups is 1. The summed E-state index contributed by atoms with van der Waals surface area (Å²) in [4.78, 5) is 2.21. The zero-order chi connectivity index (χ0) is 9.68. The first-order chi connectivity index (χ1) is 6.24. The van der Waals surface area contributed by atoms with Crippen LogP contribution in [0.15, 0.2) is 0 Å². The monoisotopic (exact) mass is 185 g/mol. The molecule has 0 spiro atoms. The molecule has 0 aromatic heterocycles. The Labute approximate surface area is 79.2 Å². The van der Waals surface area contributed by atoms with E-state index in [0.29, 0.717) is 12.6 Å². The van der Waals surface area contributed by atoms with Crippen LogP contribution in [0.4, 0.5) is 0 Å². The van der Waals surface area contributed by atoms with Crippen LogP contribution in [0, 0.1) is 5.41 Å². The number of hydrogen-bond donors (Lipinski definition) is 3. The molecule has 1 rings (SSSR count). The molecule has 13 heavy (non-hydrogen) atoms. The molecule has 0 amide bonds. The molecule has 0 bridgehead atoms. The Morgan fingerprint density at radius 1 is 1.54 bits per heavy atom. The lowest BCUT2D eigenvalue weighted by molar-refractivity contribution is 0.134. The maximum atomic E-state index is 8.71. The highest BCUT2D eigenvalue weighted by atomic mass is 16.3. The molecule has 76 valence electrons. The van der Waals surface area contributed by atoms with E-state index in [1.807, 2.05) is 0 Å². The molecule has 0 aromatic rings. The van der Waals surface area contributed by atoms with Gasteiger partial charge in [-0.3, -0.25) is 10.3 Å². The third-order valence-electron chi connectivity index (χ3n) is 2.57. The highest BCUT2D eigenvalue weighted by molar-refractivity contribution is 5.78. The Hall–Kier alpha value is -0.610. The largest absolute Gasteiger partial charge is 0.396 e. The molecule has 1 fully saturated rings. The van der Waals surface area contributed by atoms with Gasteiger partial charge in [0.15, 0.2) is 0 Å². The SMILES string of the molecule is N=C(N)CN(CCCO)C1CCC1. The molecule has 4 heteroatoms. The number of aliphatic hydroxyl groups excluding tert-OH is 1. The normalized spacial score (nSPS) is 17.4. The van der Waals surface area contributed by atoms with Crippen molar-refractivity contribution in [2.75, 3.05) is 19.7 Å². The van der Waals surface area contributed by atoms with Gasteiger partial charge < -0.3 is 10.8 Å². The van der Waals surface area contributed by atoms with Crippen molar-refractivity contribution >= 4 is 5.84 Å². The molecule has 0 saturated heterocycles. The molecule has 0 unspecified atom stereocenters. The van der Waals surface area contributed by atoms with Crippen LogP contribution in [-0.4, -0.2) is 41.6 Å². The van der Waals surface area contributed by atoms with Crippen molar-refractivity contribution < 1.29 is 5.11 Å². The quantitative estimate of drug-likeness (QED) is 0.407. The summed E-state index contributed by atoms with van der Waals surface area (Å²) < 4.78 is 0. The molecule has 0 aromatic carbocycles. The summed E-state index contributed by atoms with van der Waals surface area (Å²) in [6, 6.07) is 0.607. The van der Waals surface area contributed by atoms with Gasteiger partial charge in [-0.2, -0.15) is 0 Å². The number of nitrogens with two attached hydrogens (primary N) is 1. The smallest absolute Gasteiger partial charge is 0.105 e. The number of amidine groups is 1. The van der Waals surface area contributed by atoms with Crippen LogP contribution in [0.5, 0.6) is 0 Å². The second kappa shape index (κ2) is 5.19. The fourth-order valence-corrected chi connectivity index (χ4v) is 1.64. The molecule has 4 nitrogen and oxygen atoms in total. The summed E-state index contributed by atoms with van der Waals surface area (Å²) in [5.41, 5.74) is 5.36. The van der Waals surface area contributed by atoms with Gasteiger partial charge in [-0.1, -0.05) is 6.42 Å². The Bertz CT molecular complexity index is 168. The predicted molar refractivity (Wildman–Crippen MR) is 52.8 cm³/mol. The van der Waals surface area contributed by atoms with Gasteiger partial charge in [-0.15, -0.1) is 0 Å². The minimum absolute atomic E-state index is 0.223. The average Bonchev–Trinajstić information content (AvgIpc) is 1.95. The van der Waals surface area contributed by atoms with Crippen LogP contribution in [0.1, 0.15) is 25.7 Å². The van der Waals surface area contributed by atoms with Crippen LogP contribution in [0.3, 0.4) is 0 Å². The van der Waals surface area contributed by atoms with Crippen molar-refractivity contribution in [1.82, 2.24) is 4.90 Å². The zero-order valence-corrected chi connectivity index (χ0v) is 8.00. The molecular formula is C9H19N3O. The van der Waals surface area contributed by atoms with Crippen molar-refractivity contribution in [3.05, 3.63) is 0 Å². The molecule has 0 aliphatic heterocycles. The van der Waals surface area contributed by atoms with E-state index >= 15 is 0 Å². The summed E-state index contributed by atoms with van der Waals surface area (Å²) in [7, 11) is 0. The van der Waals surface area contributed by atoms with E-state index in [4.69, 9.17) is 16.2 Å². The molecule has 1 saturated carbocycles. The van der Waals surface area contributed by atoms with E-state index in [2.05, 4.69) is 4.90 Å². The maximum absolute atomic E-state index is 8.71. The van der Waals surface area contributed by atoms with Gasteiger partial charge in [0.25, 0.3) is 0 Å². The molecule has 4 N–H and O–H groups in total. The number of hydrogen-bond acceptors (Lipinski definition) is 3. The van der Waals surface area contributed by atoms with Crippen LogP contribution in [0.25, 0.3) is 0 Å². The third-order valence-corrected chi connectivity index (χ3v) is 2.57. The predicted octanol–water partition coefficient (Wildman–Crippen LogP) is 0.159. The summed E-state index contributed by atoms with van der Waals surface area (Å²) in [6.07, 6.45) is 4.51. The molecule has 1 aliphatic rings. The Kier molecular flexibility index (Phi) is 4.18. The second-order valence-corrected chi connectivity index (χ2v) is 3.66. The highest BCUT2D eigenvalue weighted by Gasteiger charge is 2.24. The van der Waals surface area contributed by atoms with Crippen LogP contribution in [-0.2, 0) is 0 Å². The van der Waals surface area contributed by atoms with E-state index in [1.165, 1.54) is 19.3 Å². The lowest BCUT2D eigenvalue weighted by Gasteiger charge is -2.37. The fourth-order valence-electron chi connectivity index (χ4n) is 1.64. The molecular weight excluding hydrogens is 166 g/mol. The average molecular weight is 185 g/mol. The minimum Gasteiger partial charge on any atom is -0.396 e. The van der Waals surface area contributed by atoms with E-state index in [0.717, 1.165) is 13.0 Å². The zero-order valence-electron chi connectivity index (χ0n) is 8.00. The summed E-state index contributed by atoms with van der Waals surface area (Å²) >= 11 is 0. The fraction of sp³-hybridized carbons (Fsp3) is 0.889. The van der Waals surface area contributed by atoms with Crippen molar-refractivity contribution in [1.29, 1.82) is 5.41 Å². The standard InChI is InChI=1S/C9H19N3O/c10-9(11)7-12(5-2-6-13)8-3-1-4-8/h8,13H,1-7H2,(H3,10,11). The molecule has 0 heterocycles. The van der Waals surface area contributed by atoms with Crippen LogP contribution in [0.2, 0.25) is 0 Å². The van der Waals surface area contributed by atoms with E-state index < -0.39 is 0 Å². The minimum atomic E-state index is 0.223. The van der Waals surface area contributed by atoms with Crippen LogP contribution < -0.4 is 5.73 Å². The van der Waals surface area contributed by atoms with Crippen molar-refractivity contribution in [3.8, 4) is 0 Å². The molecule has 0 atom stereocenters. The third kappa shape index (κ3) is 3.32. The van der Waals surface area contributed by atoms with Gasteiger partial charge >= 0.3 is 0 Å². The lowest BCUT2D eigenvalue weighted by Crippen LogP contribution is -2.45. The Balaban J connectivity index is 2.28. The van der Waals surface area contributed by atoms with Crippen molar-refractivity contribution in [2.24, 2.45) is 5.73 Å². The first kappa shape index (κ1) is 10.5. The topological polar surface area (TPSA) is 73.3 Å². The van der Waals surface area contributed by atoms with Gasteiger partial charge in [0.1, 0.15) is 5.84 Å². The summed E-state index contributed by atoms with van der Waals surface area (Å²) in [6.45, 7) is 1.65. The van der Waals surface area contributed by atoms with Gasteiger partial charge in [0.2, 0.25) is 0 Å². The van der Waals surface area contributed by atoms with Gasteiger partial charge in [0, 0.05) is 19.2 Å². The second-order valence-electron chi connectivity index (χ2n) is 3.66. The van der Waals surface area contributed by atoms with Crippen molar-refractivity contribution in [3.63, 3.8) is 0 Å². The molecule has 0 radical (unpaired) electrons. The summed E-state index contributed by atoms with van der Waals surface area (Å²) in [5, 5.41) is 15.9. The number of nitrogens with one attached hydrogen (secondary N) is 1. The van der Waals surface area contributed by atoms with Crippen LogP contribution >= 0.6 is 0 Å². The van der Waals surface area contributed by atoms with Crippen molar-refractivity contribution in [2.45, 2.75) is 31.7 Å². The lowest BCUT2D eigenvalue weighted by atomic mass is 9.91. The molecule has 1 aliphatic carbocycles. The summed E-state index contributed by atoms with van der Waals surface area (Å²) in [5.74, 6) is 0.227. The Morgan fingerprint density at radius 3 is 2.62 bits per heavy atom. The van der Waals surface area contributed by atoms with Gasteiger partial charge in [0.05, 0.1) is 6.54 Å². The van der Waals surface area contributed by atoms with Gasteiger partial charge in [-0.25, -0.2) is 0 Å².